The highest BCUT2D eigenvalue weighted by Crippen LogP contribution is 2.27. The number of ether oxygens (including phenoxy) is 2. The van der Waals surface area contributed by atoms with Crippen molar-refractivity contribution in [2.24, 2.45) is 0 Å². The number of carbonyl (C=O) groups is 1. The van der Waals surface area contributed by atoms with E-state index in [-0.39, 0.29) is 5.97 Å². The van der Waals surface area contributed by atoms with Crippen molar-refractivity contribution in [3.05, 3.63) is 42.0 Å². The normalized spacial score (nSPS) is 10.5. The van der Waals surface area contributed by atoms with Crippen LogP contribution in [0.5, 0.6) is 5.75 Å². The average Bonchev–Trinajstić information content (AvgIpc) is 3.09. The van der Waals surface area contributed by atoms with Crippen LogP contribution in [0.1, 0.15) is 12.8 Å². The second kappa shape index (κ2) is 7.74. The Morgan fingerprint density at radius 2 is 2.04 bits per heavy atom. The Morgan fingerprint density at radius 3 is 2.83 bits per heavy atom. The van der Waals surface area contributed by atoms with Gasteiger partial charge in [0, 0.05) is 12.1 Å². The fraction of sp³-hybridized carbons (Fsp3) is 0.235. The van der Waals surface area contributed by atoms with Gasteiger partial charge in [-0.25, -0.2) is 9.97 Å². The largest absolute Gasteiger partial charge is 0.494 e. The van der Waals surface area contributed by atoms with E-state index in [9.17, 15) is 4.79 Å². The van der Waals surface area contributed by atoms with Gasteiger partial charge in [0.05, 0.1) is 19.1 Å². The lowest BCUT2D eigenvalue weighted by Gasteiger charge is -2.09. The number of anilines is 2. The third-order valence-electron chi connectivity index (χ3n) is 3.40. The smallest absolute Gasteiger partial charge is 0.305 e. The molecule has 3 rings (SSSR count). The van der Waals surface area contributed by atoms with Crippen molar-refractivity contribution in [3.8, 4) is 5.75 Å². The first kappa shape index (κ1) is 16.2. The summed E-state index contributed by atoms with van der Waals surface area (Å²) in [6, 6.07) is 9.62. The molecule has 0 aliphatic carbocycles. The van der Waals surface area contributed by atoms with Crippen molar-refractivity contribution < 1.29 is 14.3 Å². The Bertz CT molecular complexity index is 817. The van der Waals surface area contributed by atoms with Gasteiger partial charge >= 0.3 is 5.97 Å². The summed E-state index contributed by atoms with van der Waals surface area (Å²) in [7, 11) is 1.39. The number of aromatic nitrogens is 2. The van der Waals surface area contributed by atoms with E-state index in [0.29, 0.717) is 19.4 Å². The highest BCUT2D eigenvalue weighted by atomic mass is 32.1. The molecule has 24 heavy (non-hydrogen) atoms. The molecule has 3 aromatic rings. The number of methoxy groups -OCH3 is 1. The summed E-state index contributed by atoms with van der Waals surface area (Å²) in [6.45, 7) is 0.476. The van der Waals surface area contributed by atoms with E-state index in [4.69, 9.17) is 4.74 Å². The fourth-order valence-electron chi connectivity index (χ4n) is 2.17. The zero-order chi connectivity index (χ0) is 16.8. The number of rotatable bonds is 7. The lowest BCUT2D eigenvalue weighted by Crippen LogP contribution is -2.04. The van der Waals surface area contributed by atoms with Crippen molar-refractivity contribution >= 4 is 39.0 Å². The molecule has 0 atom stereocenters. The van der Waals surface area contributed by atoms with E-state index in [1.807, 2.05) is 35.7 Å². The van der Waals surface area contributed by atoms with Gasteiger partial charge in [0.1, 0.15) is 22.7 Å². The summed E-state index contributed by atoms with van der Waals surface area (Å²) >= 11 is 1.59. The van der Waals surface area contributed by atoms with Crippen LogP contribution in [0.4, 0.5) is 11.5 Å². The van der Waals surface area contributed by atoms with Crippen LogP contribution in [-0.4, -0.2) is 29.7 Å². The van der Waals surface area contributed by atoms with Crippen molar-refractivity contribution in [3.63, 3.8) is 0 Å². The third kappa shape index (κ3) is 3.99. The summed E-state index contributed by atoms with van der Waals surface area (Å²) in [5, 5.41) is 6.29. The van der Waals surface area contributed by atoms with Gasteiger partial charge in [0.25, 0.3) is 0 Å². The van der Waals surface area contributed by atoms with Crippen LogP contribution in [0.15, 0.2) is 42.0 Å². The van der Waals surface area contributed by atoms with Crippen molar-refractivity contribution in [2.45, 2.75) is 12.8 Å². The first-order valence-electron chi connectivity index (χ1n) is 7.51. The Labute approximate surface area is 143 Å². The Hall–Kier alpha value is -2.67. The van der Waals surface area contributed by atoms with Gasteiger partial charge in [0.2, 0.25) is 0 Å². The molecular formula is C17H17N3O3S. The minimum atomic E-state index is -0.220. The monoisotopic (exact) mass is 343 g/mol. The lowest BCUT2D eigenvalue weighted by molar-refractivity contribution is -0.140. The number of fused-ring (bicyclic) bond motifs is 1. The minimum absolute atomic E-state index is 0.220. The molecule has 7 heteroatoms. The van der Waals surface area contributed by atoms with E-state index < -0.39 is 0 Å². The molecule has 0 saturated heterocycles. The standard InChI is InChI=1S/C17H17N3O3S/c1-22-15(21)3-2-9-23-13-6-4-12(5-7-13)20-16-14-8-10-24-17(14)19-11-18-16/h4-8,10-11H,2-3,9H2,1H3,(H,18,19,20). The molecular weight excluding hydrogens is 326 g/mol. The molecule has 0 fully saturated rings. The van der Waals surface area contributed by atoms with Crippen LogP contribution in [-0.2, 0) is 9.53 Å². The molecule has 124 valence electrons. The number of hydrogen-bond donors (Lipinski definition) is 1. The van der Waals surface area contributed by atoms with Gasteiger partial charge in [-0.15, -0.1) is 11.3 Å². The van der Waals surface area contributed by atoms with Crippen LogP contribution in [0, 0.1) is 0 Å². The van der Waals surface area contributed by atoms with Crippen LogP contribution in [0.25, 0.3) is 10.2 Å². The van der Waals surface area contributed by atoms with Gasteiger partial charge in [-0.3, -0.25) is 4.79 Å². The first-order valence-corrected chi connectivity index (χ1v) is 8.39. The topological polar surface area (TPSA) is 73.3 Å². The van der Waals surface area contributed by atoms with Gasteiger partial charge in [0.15, 0.2) is 0 Å². The Kier molecular flexibility index (Phi) is 5.22. The SMILES string of the molecule is COC(=O)CCCOc1ccc(Nc2ncnc3sccc23)cc1. The molecule has 0 unspecified atom stereocenters. The molecule has 0 amide bonds. The Balaban J connectivity index is 1.57. The van der Waals surface area contributed by atoms with Gasteiger partial charge < -0.3 is 14.8 Å². The lowest BCUT2D eigenvalue weighted by atomic mass is 10.3. The molecule has 2 aromatic heterocycles. The molecule has 0 saturated carbocycles. The highest BCUT2D eigenvalue weighted by Gasteiger charge is 2.05. The number of thiophene rings is 1. The predicted octanol–water partition coefficient (Wildman–Crippen LogP) is 3.77. The van der Waals surface area contributed by atoms with Crippen molar-refractivity contribution in [1.82, 2.24) is 9.97 Å². The summed E-state index contributed by atoms with van der Waals surface area (Å²) in [5.41, 5.74) is 0.920. The van der Waals surface area contributed by atoms with Crippen LogP contribution in [0.2, 0.25) is 0 Å². The minimum Gasteiger partial charge on any atom is -0.494 e. The molecule has 0 aliphatic rings. The van der Waals surface area contributed by atoms with Crippen molar-refractivity contribution in [1.29, 1.82) is 0 Å². The second-order valence-corrected chi connectivity index (χ2v) is 5.93. The molecule has 0 radical (unpaired) electrons. The summed E-state index contributed by atoms with van der Waals surface area (Å²) < 4.78 is 10.2. The highest BCUT2D eigenvalue weighted by molar-refractivity contribution is 7.16. The van der Waals surface area contributed by atoms with E-state index >= 15 is 0 Å². The van der Waals surface area contributed by atoms with Crippen molar-refractivity contribution in [2.75, 3.05) is 19.0 Å². The number of nitrogens with one attached hydrogen (secondary N) is 1. The number of esters is 1. The summed E-state index contributed by atoms with van der Waals surface area (Å²) in [6.07, 6.45) is 2.55. The number of benzene rings is 1. The zero-order valence-corrected chi connectivity index (χ0v) is 14.0. The van der Waals surface area contributed by atoms with E-state index in [0.717, 1.165) is 27.5 Å². The average molecular weight is 343 g/mol. The van der Waals surface area contributed by atoms with E-state index in [1.165, 1.54) is 7.11 Å². The Morgan fingerprint density at radius 1 is 1.21 bits per heavy atom. The molecule has 0 aliphatic heterocycles. The van der Waals surface area contributed by atoms with E-state index in [2.05, 4.69) is 20.0 Å². The summed E-state index contributed by atoms with van der Waals surface area (Å²) in [5.74, 6) is 1.32. The molecule has 1 aromatic carbocycles. The van der Waals surface area contributed by atoms with Gasteiger partial charge in [-0.2, -0.15) is 0 Å². The van der Waals surface area contributed by atoms with Crippen LogP contribution < -0.4 is 10.1 Å². The first-order chi connectivity index (χ1) is 11.8. The maximum atomic E-state index is 11.0. The number of hydrogen-bond acceptors (Lipinski definition) is 7. The maximum absolute atomic E-state index is 11.0. The summed E-state index contributed by atoms with van der Waals surface area (Å²) in [4.78, 5) is 20.5. The molecule has 0 bridgehead atoms. The van der Waals surface area contributed by atoms with Crippen LogP contribution in [0.3, 0.4) is 0 Å². The second-order valence-electron chi connectivity index (χ2n) is 5.04. The van der Waals surface area contributed by atoms with Crippen LogP contribution >= 0.6 is 11.3 Å². The molecule has 0 spiro atoms. The molecule has 1 N–H and O–H groups in total. The molecule has 6 nitrogen and oxygen atoms in total. The predicted molar refractivity (Wildman–Crippen MR) is 93.9 cm³/mol. The maximum Gasteiger partial charge on any atom is 0.305 e. The van der Waals surface area contributed by atoms with Gasteiger partial charge in [-0.1, -0.05) is 0 Å². The van der Waals surface area contributed by atoms with E-state index in [1.54, 1.807) is 17.7 Å². The molecule has 2 heterocycles. The van der Waals surface area contributed by atoms with Gasteiger partial charge in [-0.05, 0) is 42.1 Å². The third-order valence-corrected chi connectivity index (χ3v) is 4.22. The fourth-order valence-corrected chi connectivity index (χ4v) is 2.90. The quantitative estimate of drug-likeness (QED) is 0.520. The number of carbonyl (C=O) groups excluding carboxylic acids is 1. The zero-order valence-electron chi connectivity index (χ0n) is 13.2. The number of nitrogens with zero attached hydrogens (tertiary/aromatic N) is 2.